The molecule has 92 valence electrons. The summed E-state index contributed by atoms with van der Waals surface area (Å²) in [4.78, 5) is 6.83. The van der Waals surface area contributed by atoms with E-state index in [0.29, 0.717) is 12.1 Å². The molecule has 4 nitrogen and oxygen atoms in total. The molecule has 1 saturated heterocycles. The average Bonchev–Trinajstić information content (AvgIpc) is 2.50. The predicted octanol–water partition coefficient (Wildman–Crippen LogP) is 1.02. The van der Waals surface area contributed by atoms with Gasteiger partial charge in [-0.15, -0.1) is 12.4 Å². The molecule has 1 N–H and O–H groups in total. The first kappa shape index (κ1) is 13.5. The second-order valence-corrected chi connectivity index (χ2v) is 4.62. The Morgan fingerprint density at radius 1 is 1.38 bits per heavy atom. The molecule has 1 aromatic heterocycles. The molecule has 0 spiro atoms. The number of nitrogens with one attached hydrogen (secondary N) is 1. The molecule has 0 aromatic carbocycles. The highest BCUT2D eigenvalue weighted by Crippen LogP contribution is 2.08. The van der Waals surface area contributed by atoms with E-state index in [2.05, 4.69) is 40.7 Å². The van der Waals surface area contributed by atoms with E-state index in [4.69, 9.17) is 0 Å². The zero-order chi connectivity index (χ0) is 10.8. The van der Waals surface area contributed by atoms with Crippen molar-refractivity contribution in [2.24, 2.45) is 7.05 Å². The molecule has 0 aliphatic carbocycles. The number of aromatic nitrogens is 2. The molecular formula is C11H21ClN4. The highest BCUT2D eigenvalue weighted by molar-refractivity contribution is 5.85. The molecule has 16 heavy (non-hydrogen) atoms. The molecule has 1 aliphatic heterocycles. The summed E-state index contributed by atoms with van der Waals surface area (Å²) >= 11 is 0. The SMILES string of the molecule is CC1CN(Cc2nccn2C)CC(C)N1.Cl. The topological polar surface area (TPSA) is 33.1 Å². The van der Waals surface area contributed by atoms with Gasteiger partial charge in [0.05, 0.1) is 6.54 Å². The van der Waals surface area contributed by atoms with E-state index < -0.39 is 0 Å². The highest BCUT2D eigenvalue weighted by atomic mass is 35.5. The number of halogens is 1. The minimum Gasteiger partial charge on any atom is -0.337 e. The van der Waals surface area contributed by atoms with Gasteiger partial charge in [-0.25, -0.2) is 4.98 Å². The molecule has 0 amide bonds. The van der Waals surface area contributed by atoms with Crippen LogP contribution >= 0.6 is 12.4 Å². The summed E-state index contributed by atoms with van der Waals surface area (Å²) in [6, 6.07) is 1.16. The van der Waals surface area contributed by atoms with Crippen molar-refractivity contribution in [3.63, 3.8) is 0 Å². The maximum Gasteiger partial charge on any atom is 0.122 e. The van der Waals surface area contributed by atoms with Crippen LogP contribution in [0.15, 0.2) is 12.4 Å². The minimum absolute atomic E-state index is 0. The lowest BCUT2D eigenvalue weighted by atomic mass is 10.1. The molecule has 2 unspecified atom stereocenters. The van der Waals surface area contributed by atoms with Gasteiger partial charge in [0, 0.05) is 44.6 Å². The Bertz CT molecular complexity index is 316. The Morgan fingerprint density at radius 3 is 2.50 bits per heavy atom. The molecule has 0 saturated carbocycles. The maximum absolute atomic E-state index is 4.36. The van der Waals surface area contributed by atoms with Gasteiger partial charge < -0.3 is 9.88 Å². The van der Waals surface area contributed by atoms with E-state index in [1.807, 2.05) is 12.4 Å². The van der Waals surface area contributed by atoms with Crippen LogP contribution < -0.4 is 5.32 Å². The lowest BCUT2D eigenvalue weighted by Gasteiger charge is -2.35. The van der Waals surface area contributed by atoms with E-state index in [0.717, 1.165) is 25.5 Å². The van der Waals surface area contributed by atoms with Gasteiger partial charge in [-0.1, -0.05) is 0 Å². The average molecular weight is 245 g/mol. The van der Waals surface area contributed by atoms with E-state index >= 15 is 0 Å². The van der Waals surface area contributed by atoms with Crippen LogP contribution in [0.25, 0.3) is 0 Å². The number of piperazine rings is 1. The fourth-order valence-electron chi connectivity index (χ4n) is 2.32. The second-order valence-electron chi connectivity index (χ2n) is 4.62. The van der Waals surface area contributed by atoms with Crippen molar-refractivity contribution < 1.29 is 0 Å². The van der Waals surface area contributed by atoms with Gasteiger partial charge in [0.15, 0.2) is 0 Å². The van der Waals surface area contributed by atoms with Crippen molar-refractivity contribution >= 4 is 12.4 Å². The Kier molecular flexibility index (Phi) is 4.77. The van der Waals surface area contributed by atoms with Gasteiger partial charge in [-0.2, -0.15) is 0 Å². The first-order valence-electron chi connectivity index (χ1n) is 5.59. The summed E-state index contributed by atoms with van der Waals surface area (Å²) in [5.41, 5.74) is 0. The molecular weight excluding hydrogens is 224 g/mol. The van der Waals surface area contributed by atoms with Gasteiger partial charge in [-0.05, 0) is 13.8 Å². The summed E-state index contributed by atoms with van der Waals surface area (Å²) in [5, 5.41) is 3.53. The smallest absolute Gasteiger partial charge is 0.122 e. The Hall–Kier alpha value is -0.580. The number of rotatable bonds is 2. The van der Waals surface area contributed by atoms with Crippen LogP contribution in [0.5, 0.6) is 0 Å². The number of imidazole rings is 1. The Morgan fingerprint density at radius 2 is 2.00 bits per heavy atom. The van der Waals surface area contributed by atoms with Gasteiger partial charge in [0.2, 0.25) is 0 Å². The molecule has 2 atom stereocenters. The molecule has 2 heterocycles. The van der Waals surface area contributed by atoms with Crippen LogP contribution in [0.1, 0.15) is 19.7 Å². The van der Waals surface area contributed by atoms with Crippen molar-refractivity contribution in [1.82, 2.24) is 19.8 Å². The third kappa shape index (κ3) is 3.20. The van der Waals surface area contributed by atoms with Crippen LogP contribution in [0.4, 0.5) is 0 Å². The maximum atomic E-state index is 4.36. The van der Waals surface area contributed by atoms with Crippen molar-refractivity contribution in [1.29, 1.82) is 0 Å². The quantitative estimate of drug-likeness (QED) is 0.844. The standard InChI is InChI=1S/C11H20N4.ClH/c1-9-6-15(7-10(2)13-9)8-11-12-4-5-14(11)3;/h4-5,9-10,13H,6-8H2,1-3H3;1H. The predicted molar refractivity (Wildman–Crippen MR) is 67.8 cm³/mol. The van der Waals surface area contributed by atoms with Gasteiger partial charge in [0.25, 0.3) is 0 Å². The van der Waals surface area contributed by atoms with Crippen LogP contribution in [0.2, 0.25) is 0 Å². The van der Waals surface area contributed by atoms with Gasteiger partial charge in [0.1, 0.15) is 5.82 Å². The van der Waals surface area contributed by atoms with Crippen molar-refractivity contribution in [3.8, 4) is 0 Å². The van der Waals surface area contributed by atoms with E-state index in [1.54, 1.807) is 0 Å². The molecule has 0 radical (unpaired) electrons. The van der Waals surface area contributed by atoms with Crippen molar-refractivity contribution in [2.75, 3.05) is 13.1 Å². The molecule has 1 aliphatic rings. The van der Waals surface area contributed by atoms with E-state index in [9.17, 15) is 0 Å². The molecule has 1 aromatic rings. The lowest BCUT2D eigenvalue weighted by Crippen LogP contribution is -2.53. The number of nitrogens with zero attached hydrogens (tertiary/aromatic N) is 3. The molecule has 2 rings (SSSR count). The van der Waals surface area contributed by atoms with Crippen molar-refractivity contribution in [3.05, 3.63) is 18.2 Å². The zero-order valence-corrected chi connectivity index (χ0v) is 11.0. The van der Waals surface area contributed by atoms with Crippen LogP contribution in [-0.2, 0) is 13.6 Å². The van der Waals surface area contributed by atoms with E-state index in [-0.39, 0.29) is 12.4 Å². The Labute approximate surface area is 103 Å². The highest BCUT2D eigenvalue weighted by Gasteiger charge is 2.21. The largest absolute Gasteiger partial charge is 0.337 e. The van der Waals surface area contributed by atoms with Gasteiger partial charge in [-0.3, -0.25) is 4.90 Å². The minimum atomic E-state index is 0. The number of hydrogen-bond donors (Lipinski definition) is 1. The van der Waals surface area contributed by atoms with E-state index in [1.165, 1.54) is 0 Å². The van der Waals surface area contributed by atoms with Crippen LogP contribution in [-0.4, -0.2) is 39.6 Å². The first-order chi connectivity index (χ1) is 7.15. The van der Waals surface area contributed by atoms with Crippen LogP contribution in [0.3, 0.4) is 0 Å². The second kappa shape index (κ2) is 5.66. The third-order valence-corrected chi connectivity index (χ3v) is 2.92. The fourth-order valence-corrected chi connectivity index (χ4v) is 2.32. The summed E-state index contributed by atoms with van der Waals surface area (Å²) in [7, 11) is 2.05. The molecule has 0 bridgehead atoms. The van der Waals surface area contributed by atoms with Crippen molar-refractivity contribution in [2.45, 2.75) is 32.5 Å². The number of aryl methyl sites for hydroxylation is 1. The lowest BCUT2D eigenvalue weighted by molar-refractivity contribution is 0.162. The normalized spacial score (nSPS) is 26.4. The van der Waals surface area contributed by atoms with Crippen LogP contribution in [0, 0.1) is 0 Å². The molecule has 5 heteroatoms. The summed E-state index contributed by atoms with van der Waals surface area (Å²) in [6.45, 7) is 7.65. The zero-order valence-electron chi connectivity index (χ0n) is 10.2. The Balaban J connectivity index is 0.00000128. The summed E-state index contributed by atoms with van der Waals surface area (Å²) in [6.07, 6.45) is 3.87. The van der Waals surface area contributed by atoms with Gasteiger partial charge >= 0.3 is 0 Å². The number of hydrogen-bond acceptors (Lipinski definition) is 3. The first-order valence-corrected chi connectivity index (χ1v) is 5.59. The monoisotopic (exact) mass is 244 g/mol. The third-order valence-electron chi connectivity index (χ3n) is 2.92. The summed E-state index contributed by atoms with van der Waals surface area (Å²) < 4.78 is 2.09. The summed E-state index contributed by atoms with van der Waals surface area (Å²) in [5.74, 6) is 1.15. The molecule has 1 fully saturated rings. The fraction of sp³-hybridized carbons (Fsp3) is 0.727.